The Morgan fingerprint density at radius 3 is 2.39 bits per heavy atom. The first-order chi connectivity index (χ1) is 11.0. The van der Waals surface area contributed by atoms with Crippen LogP contribution in [0.25, 0.3) is 0 Å². The van der Waals surface area contributed by atoms with Crippen molar-refractivity contribution >= 4 is 11.9 Å². The van der Waals surface area contributed by atoms with Crippen LogP contribution in [0.4, 0.5) is 0 Å². The van der Waals surface area contributed by atoms with Crippen LogP contribution in [0.2, 0.25) is 0 Å². The van der Waals surface area contributed by atoms with Crippen molar-refractivity contribution in [1.29, 1.82) is 0 Å². The minimum atomic E-state index is 0.542. The molecule has 0 unspecified atom stereocenters. The number of hydrogen-bond donors (Lipinski definition) is 0. The zero-order valence-electron chi connectivity index (χ0n) is 14.8. The molecular weight excluding hydrogens is 304 g/mol. The predicted molar refractivity (Wildman–Crippen MR) is 97.5 cm³/mol. The number of nitrogens with zero attached hydrogens (tertiary/aromatic N) is 2. The molecule has 0 amide bonds. The maximum Gasteiger partial charge on any atom is 0.0603 e. The van der Waals surface area contributed by atoms with Crippen molar-refractivity contribution in [1.82, 2.24) is 9.21 Å². The number of likely N-dealkylation sites (tertiary alicyclic amines) is 1. The van der Waals surface area contributed by atoms with Crippen molar-refractivity contribution in [2.24, 2.45) is 11.3 Å². The smallest absolute Gasteiger partial charge is 0.0603 e. The molecule has 0 bridgehead atoms. The molecule has 0 spiro atoms. The van der Waals surface area contributed by atoms with E-state index in [0.29, 0.717) is 5.41 Å². The summed E-state index contributed by atoms with van der Waals surface area (Å²) in [5.41, 5.74) is 1.98. The van der Waals surface area contributed by atoms with Gasteiger partial charge in [0.1, 0.15) is 0 Å². The molecular formula is C19H30N2OS. The quantitative estimate of drug-likeness (QED) is 0.733. The first-order valence-electron chi connectivity index (χ1n) is 8.84. The van der Waals surface area contributed by atoms with E-state index >= 15 is 0 Å². The molecule has 0 N–H and O–H groups in total. The van der Waals surface area contributed by atoms with Gasteiger partial charge in [-0.15, -0.1) is 0 Å². The van der Waals surface area contributed by atoms with Gasteiger partial charge in [-0.3, -0.25) is 4.90 Å². The molecule has 0 saturated carbocycles. The lowest BCUT2D eigenvalue weighted by molar-refractivity contribution is -0.00637. The zero-order chi connectivity index (χ0) is 16.3. The van der Waals surface area contributed by atoms with Crippen LogP contribution in [0, 0.1) is 11.3 Å². The van der Waals surface area contributed by atoms with Crippen LogP contribution < -0.4 is 0 Å². The van der Waals surface area contributed by atoms with Gasteiger partial charge in [-0.25, -0.2) is 4.31 Å². The van der Waals surface area contributed by atoms with E-state index in [1.807, 2.05) is 11.9 Å². The molecule has 4 heteroatoms. The Morgan fingerprint density at radius 1 is 1.13 bits per heavy atom. The monoisotopic (exact) mass is 334 g/mol. The third-order valence-corrected chi connectivity index (χ3v) is 5.75. The Morgan fingerprint density at radius 2 is 1.78 bits per heavy atom. The Hall–Kier alpha value is -0.550. The van der Waals surface area contributed by atoms with Gasteiger partial charge in [0.2, 0.25) is 0 Å². The maximum absolute atomic E-state index is 5.40. The maximum atomic E-state index is 5.40. The summed E-state index contributed by atoms with van der Waals surface area (Å²) in [5.74, 6) is 0.804. The second kappa shape index (κ2) is 7.56. The summed E-state index contributed by atoms with van der Waals surface area (Å²) in [7, 11) is 0. The van der Waals surface area contributed by atoms with E-state index in [9.17, 15) is 0 Å². The molecule has 1 aromatic carbocycles. The molecule has 2 fully saturated rings. The van der Waals surface area contributed by atoms with Crippen LogP contribution in [0.3, 0.4) is 0 Å². The first kappa shape index (κ1) is 17.3. The van der Waals surface area contributed by atoms with Crippen molar-refractivity contribution in [2.45, 2.75) is 38.6 Å². The number of ether oxygens (including phenoxy) is 1. The molecule has 2 saturated heterocycles. The largest absolute Gasteiger partial charge is 0.379 e. The minimum Gasteiger partial charge on any atom is -0.379 e. The summed E-state index contributed by atoms with van der Waals surface area (Å²) in [5, 5.41) is 0. The Kier molecular flexibility index (Phi) is 5.68. The Bertz CT molecular complexity index is 491. The number of hydrogen-bond acceptors (Lipinski definition) is 4. The summed E-state index contributed by atoms with van der Waals surface area (Å²) >= 11 is 1.86. The lowest BCUT2D eigenvalue weighted by Crippen LogP contribution is -2.54. The lowest BCUT2D eigenvalue weighted by atomic mass is 9.75. The normalized spacial score (nSPS) is 22.3. The Labute approximate surface area is 145 Å². The predicted octanol–water partition coefficient (Wildman–Crippen LogP) is 3.89. The van der Waals surface area contributed by atoms with Gasteiger partial charge in [0, 0.05) is 37.6 Å². The van der Waals surface area contributed by atoms with Crippen molar-refractivity contribution in [3.05, 3.63) is 29.8 Å². The summed E-state index contributed by atoms with van der Waals surface area (Å²) in [6.07, 6.45) is 1.35. The van der Waals surface area contributed by atoms with E-state index in [2.05, 4.69) is 54.2 Å². The first-order valence-corrected chi connectivity index (χ1v) is 9.62. The molecule has 0 aromatic heterocycles. The molecule has 0 radical (unpaired) electrons. The number of morpholine rings is 1. The molecule has 2 aliphatic heterocycles. The van der Waals surface area contributed by atoms with Crippen LogP contribution in [-0.4, -0.2) is 48.6 Å². The van der Waals surface area contributed by atoms with Crippen molar-refractivity contribution in [3.8, 4) is 0 Å². The molecule has 3 rings (SSSR count). The van der Waals surface area contributed by atoms with Gasteiger partial charge in [0.05, 0.1) is 13.2 Å². The van der Waals surface area contributed by atoms with Crippen LogP contribution in [0.5, 0.6) is 0 Å². The van der Waals surface area contributed by atoms with Crippen LogP contribution in [0.15, 0.2) is 29.2 Å². The Balaban J connectivity index is 1.45. The van der Waals surface area contributed by atoms with Gasteiger partial charge in [-0.05, 0) is 47.4 Å². The molecule has 2 aliphatic rings. The molecule has 128 valence electrons. The van der Waals surface area contributed by atoms with Crippen LogP contribution in [0.1, 0.15) is 32.8 Å². The average Bonchev–Trinajstić information content (AvgIpc) is 2.48. The van der Waals surface area contributed by atoms with Gasteiger partial charge in [-0.1, -0.05) is 32.9 Å². The van der Waals surface area contributed by atoms with Gasteiger partial charge in [0.25, 0.3) is 0 Å². The highest BCUT2D eigenvalue weighted by atomic mass is 32.2. The van der Waals surface area contributed by atoms with Gasteiger partial charge >= 0.3 is 0 Å². The van der Waals surface area contributed by atoms with Crippen molar-refractivity contribution in [3.63, 3.8) is 0 Å². The third kappa shape index (κ3) is 4.96. The van der Waals surface area contributed by atoms with Gasteiger partial charge < -0.3 is 4.74 Å². The molecule has 3 nitrogen and oxygen atoms in total. The van der Waals surface area contributed by atoms with Crippen LogP contribution >= 0.6 is 11.9 Å². The highest BCUT2D eigenvalue weighted by molar-refractivity contribution is 7.97. The fourth-order valence-electron chi connectivity index (χ4n) is 3.96. The minimum absolute atomic E-state index is 0.542. The zero-order valence-corrected chi connectivity index (χ0v) is 15.6. The molecule has 1 aromatic rings. The SMILES string of the molecule is CC(C)CC1(C)CN(Cc2ccc(SN3CCOCC3)cc2)C1. The summed E-state index contributed by atoms with van der Waals surface area (Å²) in [6, 6.07) is 9.12. The molecule has 2 heterocycles. The van der Waals surface area contributed by atoms with Crippen LogP contribution in [-0.2, 0) is 11.3 Å². The van der Waals surface area contributed by atoms with E-state index in [1.165, 1.54) is 30.0 Å². The molecule has 0 aliphatic carbocycles. The standard InChI is InChI=1S/C19H30N2OS/c1-16(2)12-19(3)14-20(15-19)13-17-4-6-18(7-5-17)23-21-8-10-22-11-9-21/h4-7,16H,8-15H2,1-3H3. The number of rotatable bonds is 6. The van der Waals surface area contributed by atoms with Gasteiger partial charge in [0.15, 0.2) is 0 Å². The second-order valence-electron chi connectivity index (χ2n) is 7.83. The van der Waals surface area contributed by atoms with E-state index < -0.39 is 0 Å². The summed E-state index contributed by atoms with van der Waals surface area (Å²) in [6.45, 7) is 14.4. The fraction of sp³-hybridized carbons (Fsp3) is 0.684. The van der Waals surface area contributed by atoms with Gasteiger partial charge in [-0.2, -0.15) is 0 Å². The highest BCUT2D eigenvalue weighted by Crippen LogP contribution is 2.37. The molecule has 0 atom stereocenters. The van der Waals surface area contributed by atoms with E-state index in [0.717, 1.165) is 38.8 Å². The third-order valence-electron chi connectivity index (χ3n) is 4.65. The molecule has 23 heavy (non-hydrogen) atoms. The summed E-state index contributed by atoms with van der Waals surface area (Å²) in [4.78, 5) is 3.91. The lowest BCUT2D eigenvalue weighted by Gasteiger charge is -2.49. The fourth-order valence-corrected chi connectivity index (χ4v) is 4.85. The second-order valence-corrected chi connectivity index (χ2v) is 9.00. The van der Waals surface area contributed by atoms with Crippen molar-refractivity contribution in [2.75, 3.05) is 39.4 Å². The number of benzene rings is 1. The topological polar surface area (TPSA) is 15.7 Å². The van der Waals surface area contributed by atoms with E-state index in [1.54, 1.807) is 0 Å². The summed E-state index contributed by atoms with van der Waals surface area (Å²) < 4.78 is 7.79. The van der Waals surface area contributed by atoms with E-state index in [4.69, 9.17) is 4.74 Å². The van der Waals surface area contributed by atoms with Crippen molar-refractivity contribution < 1.29 is 4.74 Å². The average molecular weight is 335 g/mol. The van der Waals surface area contributed by atoms with E-state index in [-0.39, 0.29) is 0 Å². The highest BCUT2D eigenvalue weighted by Gasteiger charge is 2.38.